The molecule has 0 bridgehead atoms. The molecule has 3 aromatic rings. The van der Waals surface area contributed by atoms with Crippen LogP contribution in [0.25, 0.3) is 17.0 Å². The van der Waals surface area contributed by atoms with Crippen molar-refractivity contribution in [3.63, 3.8) is 0 Å². The highest BCUT2D eigenvalue weighted by Gasteiger charge is 2.40. The molecule has 1 aromatic heterocycles. The van der Waals surface area contributed by atoms with Gasteiger partial charge in [0.15, 0.2) is 0 Å². The molecule has 27 heavy (non-hydrogen) atoms. The SMILES string of the molecule is CN1C(=O)C(c2ccccc2)N(C)C(=O)/C1=C/c1cn(C)c2ccccc12. The summed E-state index contributed by atoms with van der Waals surface area (Å²) < 4.78 is 2.02. The van der Waals surface area contributed by atoms with E-state index in [1.54, 1.807) is 20.2 Å². The number of likely N-dealkylation sites (N-methyl/N-ethyl adjacent to an activating group) is 2. The highest BCUT2D eigenvalue weighted by atomic mass is 16.2. The summed E-state index contributed by atoms with van der Waals surface area (Å²) in [6.07, 6.45) is 3.78. The van der Waals surface area contributed by atoms with Gasteiger partial charge in [0.25, 0.3) is 11.8 Å². The van der Waals surface area contributed by atoms with Crippen LogP contribution in [0.15, 0.2) is 66.5 Å². The number of aryl methyl sites for hydroxylation is 1. The normalized spacial score (nSPS) is 19.4. The lowest BCUT2D eigenvalue weighted by atomic mass is 10.00. The Bertz CT molecular complexity index is 1070. The zero-order valence-electron chi connectivity index (χ0n) is 15.6. The molecule has 2 aromatic carbocycles. The van der Waals surface area contributed by atoms with Crippen LogP contribution in [0.2, 0.25) is 0 Å². The van der Waals surface area contributed by atoms with E-state index in [0.717, 1.165) is 22.0 Å². The molecule has 2 amide bonds. The lowest BCUT2D eigenvalue weighted by Gasteiger charge is -2.38. The topological polar surface area (TPSA) is 45.6 Å². The van der Waals surface area contributed by atoms with Gasteiger partial charge in [0.05, 0.1) is 0 Å². The van der Waals surface area contributed by atoms with E-state index in [-0.39, 0.29) is 11.8 Å². The second-order valence-corrected chi connectivity index (χ2v) is 6.87. The average molecular weight is 359 g/mol. The number of benzene rings is 2. The number of nitrogens with zero attached hydrogens (tertiary/aromatic N) is 3. The van der Waals surface area contributed by atoms with Crippen molar-refractivity contribution in [2.75, 3.05) is 14.1 Å². The summed E-state index contributed by atoms with van der Waals surface area (Å²) >= 11 is 0. The summed E-state index contributed by atoms with van der Waals surface area (Å²) in [5.41, 5.74) is 3.19. The molecule has 5 heteroatoms. The Morgan fingerprint density at radius 3 is 2.30 bits per heavy atom. The van der Waals surface area contributed by atoms with Crippen LogP contribution in [0, 0.1) is 0 Å². The van der Waals surface area contributed by atoms with E-state index in [9.17, 15) is 9.59 Å². The number of fused-ring (bicyclic) bond motifs is 1. The van der Waals surface area contributed by atoms with Gasteiger partial charge in [-0.2, -0.15) is 0 Å². The molecule has 136 valence electrons. The number of amides is 2. The molecule has 0 radical (unpaired) electrons. The third kappa shape index (κ3) is 2.72. The van der Waals surface area contributed by atoms with Gasteiger partial charge in [-0.3, -0.25) is 9.59 Å². The molecule has 2 heterocycles. The van der Waals surface area contributed by atoms with Crippen LogP contribution < -0.4 is 0 Å². The molecule has 1 unspecified atom stereocenters. The number of carbonyl (C=O) groups excluding carboxylic acids is 2. The standard InChI is InChI=1S/C22H21N3O2/c1-23-14-16(17-11-7-8-12-18(17)23)13-19-21(26)25(3)20(22(27)24(19)2)15-9-5-4-6-10-15/h4-14,20H,1-3H3/b19-13-. The second-order valence-electron chi connectivity index (χ2n) is 6.87. The number of hydrogen-bond acceptors (Lipinski definition) is 2. The smallest absolute Gasteiger partial charge is 0.271 e. The van der Waals surface area contributed by atoms with Gasteiger partial charge in [-0.1, -0.05) is 48.5 Å². The van der Waals surface area contributed by atoms with Crippen molar-refractivity contribution >= 4 is 28.8 Å². The van der Waals surface area contributed by atoms with Crippen molar-refractivity contribution in [2.45, 2.75) is 6.04 Å². The number of carbonyl (C=O) groups is 2. The van der Waals surface area contributed by atoms with E-state index in [0.29, 0.717) is 5.70 Å². The number of piperazine rings is 1. The summed E-state index contributed by atoms with van der Waals surface area (Å²) in [5.74, 6) is -0.284. The fourth-order valence-electron chi connectivity index (χ4n) is 3.70. The van der Waals surface area contributed by atoms with Crippen LogP contribution in [0.4, 0.5) is 0 Å². The first-order chi connectivity index (χ1) is 13.0. The van der Waals surface area contributed by atoms with E-state index in [4.69, 9.17) is 0 Å². The molecular weight excluding hydrogens is 338 g/mol. The Kier molecular flexibility index (Phi) is 4.07. The van der Waals surface area contributed by atoms with Crippen molar-refractivity contribution in [2.24, 2.45) is 7.05 Å². The van der Waals surface area contributed by atoms with Crippen LogP contribution in [0.5, 0.6) is 0 Å². The molecule has 0 saturated carbocycles. The van der Waals surface area contributed by atoms with Gasteiger partial charge in [-0.15, -0.1) is 0 Å². The average Bonchev–Trinajstić information content (AvgIpc) is 3.01. The van der Waals surface area contributed by atoms with Gasteiger partial charge in [0.2, 0.25) is 0 Å². The highest BCUT2D eigenvalue weighted by molar-refractivity contribution is 6.08. The highest BCUT2D eigenvalue weighted by Crippen LogP contribution is 2.31. The summed E-state index contributed by atoms with van der Waals surface area (Å²) in [7, 11) is 5.32. The predicted molar refractivity (Wildman–Crippen MR) is 106 cm³/mol. The number of hydrogen-bond donors (Lipinski definition) is 0. The zero-order valence-corrected chi connectivity index (χ0v) is 15.6. The zero-order chi connectivity index (χ0) is 19.1. The maximum absolute atomic E-state index is 13.1. The van der Waals surface area contributed by atoms with Crippen molar-refractivity contribution < 1.29 is 9.59 Å². The molecule has 1 aliphatic rings. The van der Waals surface area contributed by atoms with Gasteiger partial charge in [-0.25, -0.2) is 0 Å². The Balaban J connectivity index is 1.78. The third-order valence-corrected chi connectivity index (χ3v) is 5.19. The third-order valence-electron chi connectivity index (χ3n) is 5.19. The first-order valence-electron chi connectivity index (χ1n) is 8.84. The summed E-state index contributed by atoms with van der Waals surface area (Å²) in [6, 6.07) is 16.8. The van der Waals surface area contributed by atoms with E-state index in [2.05, 4.69) is 0 Å². The minimum Gasteiger partial charge on any atom is -0.350 e. The molecule has 1 saturated heterocycles. The number of aromatic nitrogens is 1. The molecule has 4 rings (SSSR count). The van der Waals surface area contributed by atoms with Gasteiger partial charge in [-0.05, 0) is 17.7 Å². The Morgan fingerprint density at radius 1 is 0.889 bits per heavy atom. The van der Waals surface area contributed by atoms with Crippen molar-refractivity contribution in [3.05, 3.63) is 77.6 Å². The first kappa shape index (κ1) is 17.1. The molecule has 5 nitrogen and oxygen atoms in total. The number of para-hydroxylation sites is 1. The monoisotopic (exact) mass is 359 g/mol. The summed E-state index contributed by atoms with van der Waals surface area (Å²) in [5, 5.41) is 1.05. The van der Waals surface area contributed by atoms with Crippen LogP contribution in [0.3, 0.4) is 0 Å². The summed E-state index contributed by atoms with van der Waals surface area (Å²) in [4.78, 5) is 29.1. The minimum absolute atomic E-state index is 0.116. The molecule has 1 aliphatic heterocycles. The minimum atomic E-state index is -0.603. The Hall–Kier alpha value is -3.34. The van der Waals surface area contributed by atoms with Crippen LogP contribution >= 0.6 is 0 Å². The van der Waals surface area contributed by atoms with Crippen LogP contribution in [0.1, 0.15) is 17.2 Å². The van der Waals surface area contributed by atoms with E-state index < -0.39 is 6.04 Å². The maximum Gasteiger partial charge on any atom is 0.271 e. The van der Waals surface area contributed by atoms with Gasteiger partial charge in [0.1, 0.15) is 11.7 Å². The van der Waals surface area contributed by atoms with Gasteiger partial charge in [0, 0.05) is 43.8 Å². The van der Waals surface area contributed by atoms with Crippen LogP contribution in [-0.2, 0) is 16.6 Å². The predicted octanol–water partition coefficient (Wildman–Crippen LogP) is 3.19. The maximum atomic E-state index is 13.1. The van der Waals surface area contributed by atoms with E-state index >= 15 is 0 Å². The lowest BCUT2D eigenvalue weighted by molar-refractivity contribution is -0.148. The second kappa shape index (κ2) is 6.43. The van der Waals surface area contributed by atoms with Gasteiger partial charge < -0.3 is 14.4 Å². The fourth-order valence-corrected chi connectivity index (χ4v) is 3.70. The van der Waals surface area contributed by atoms with Gasteiger partial charge >= 0.3 is 0 Å². The lowest BCUT2D eigenvalue weighted by Crippen LogP contribution is -2.50. The largest absolute Gasteiger partial charge is 0.350 e. The van der Waals surface area contributed by atoms with Crippen molar-refractivity contribution in [3.8, 4) is 0 Å². The quantitative estimate of drug-likeness (QED) is 0.660. The van der Waals surface area contributed by atoms with Crippen molar-refractivity contribution in [1.82, 2.24) is 14.4 Å². The van der Waals surface area contributed by atoms with E-state index in [1.165, 1.54) is 9.80 Å². The fraction of sp³-hybridized carbons (Fsp3) is 0.182. The molecule has 1 fully saturated rings. The molecule has 0 aliphatic carbocycles. The van der Waals surface area contributed by atoms with Crippen molar-refractivity contribution in [1.29, 1.82) is 0 Å². The molecular formula is C22H21N3O2. The molecule has 1 atom stereocenters. The molecule has 0 spiro atoms. The Morgan fingerprint density at radius 2 is 1.56 bits per heavy atom. The number of rotatable bonds is 2. The Labute approximate surface area is 158 Å². The first-order valence-corrected chi connectivity index (χ1v) is 8.84. The van der Waals surface area contributed by atoms with Crippen LogP contribution in [-0.4, -0.2) is 40.3 Å². The summed E-state index contributed by atoms with van der Waals surface area (Å²) in [6.45, 7) is 0. The molecule has 0 N–H and O–H groups in total. The van der Waals surface area contributed by atoms with E-state index in [1.807, 2.05) is 72.4 Å².